The van der Waals surface area contributed by atoms with Crippen LogP contribution in [-0.4, -0.2) is 50.9 Å². The second kappa shape index (κ2) is 8.06. The molecule has 2 aromatic heterocycles. The van der Waals surface area contributed by atoms with Gasteiger partial charge in [-0.3, -0.25) is 9.47 Å². The van der Waals surface area contributed by atoms with E-state index in [1.165, 1.54) is 6.33 Å². The van der Waals surface area contributed by atoms with Crippen LogP contribution in [-0.2, 0) is 9.47 Å². The van der Waals surface area contributed by atoms with Gasteiger partial charge in [0, 0.05) is 12.2 Å². The van der Waals surface area contributed by atoms with E-state index >= 15 is 0 Å². The van der Waals surface area contributed by atoms with Gasteiger partial charge in [-0.2, -0.15) is 0 Å². The highest BCUT2D eigenvalue weighted by Crippen LogP contribution is 2.31. The molecule has 1 atom stereocenters. The molecule has 9 heteroatoms. The summed E-state index contributed by atoms with van der Waals surface area (Å²) in [4.78, 5) is 22.7. The third-order valence-electron chi connectivity index (χ3n) is 4.80. The van der Waals surface area contributed by atoms with Crippen molar-refractivity contribution in [1.29, 1.82) is 0 Å². The predicted octanol–water partition coefficient (Wildman–Crippen LogP) is 5.04. The van der Waals surface area contributed by atoms with Crippen LogP contribution in [0.5, 0.6) is 0 Å². The van der Waals surface area contributed by atoms with E-state index < -0.39 is 5.60 Å². The largest absolute Gasteiger partial charge is 0.444 e. The molecule has 0 aliphatic carbocycles. The van der Waals surface area contributed by atoms with Crippen molar-refractivity contribution in [3.05, 3.63) is 52.5 Å². The van der Waals surface area contributed by atoms with Crippen molar-refractivity contribution >= 4 is 40.3 Å². The first-order valence-corrected chi connectivity index (χ1v) is 10.4. The van der Waals surface area contributed by atoms with Gasteiger partial charge in [0.25, 0.3) is 0 Å². The van der Waals surface area contributed by atoms with Crippen molar-refractivity contribution in [2.75, 3.05) is 19.8 Å². The number of carbonyl (C=O) groups excluding carboxylic acids is 1. The Labute approximate surface area is 184 Å². The van der Waals surface area contributed by atoms with Gasteiger partial charge in [-0.15, -0.1) is 0 Å². The third-order valence-corrected chi connectivity index (χ3v) is 5.37. The summed E-state index contributed by atoms with van der Waals surface area (Å²) >= 11 is 12.6. The molecule has 0 radical (unpaired) electrons. The molecule has 1 amide bonds. The van der Waals surface area contributed by atoms with Crippen LogP contribution in [0.1, 0.15) is 32.4 Å². The molecule has 0 N–H and O–H groups in total. The molecule has 7 nitrogen and oxygen atoms in total. The molecular formula is C21H22Cl2N4O3. The van der Waals surface area contributed by atoms with Gasteiger partial charge >= 0.3 is 6.09 Å². The Balaban J connectivity index is 1.64. The van der Waals surface area contributed by atoms with Gasteiger partial charge in [0.1, 0.15) is 22.2 Å². The van der Waals surface area contributed by atoms with Crippen LogP contribution < -0.4 is 0 Å². The van der Waals surface area contributed by atoms with Crippen molar-refractivity contribution in [2.45, 2.75) is 32.4 Å². The average molecular weight is 449 g/mol. The summed E-state index contributed by atoms with van der Waals surface area (Å²) in [6.45, 7) is 6.95. The van der Waals surface area contributed by atoms with Gasteiger partial charge in [0.2, 0.25) is 0 Å². The van der Waals surface area contributed by atoms with Crippen LogP contribution in [0.2, 0.25) is 10.3 Å². The molecular weight excluding hydrogens is 427 g/mol. The minimum Gasteiger partial charge on any atom is -0.444 e. The molecule has 0 spiro atoms. The molecule has 158 valence electrons. The smallest absolute Gasteiger partial charge is 0.410 e. The average Bonchev–Trinajstić information content (AvgIpc) is 3.04. The standard InChI is InChI=1S/C21H22Cl2N4O3/c1-21(2,3)30-20(28)26-8-9-29-11-16(26)13-4-6-14(7-5-13)27-17(22)10-15-18(23)24-12-25-19(15)27/h4-7,10,12,16H,8-9,11H2,1-3H3/t16-/m1/s1. The van der Waals surface area contributed by atoms with E-state index in [2.05, 4.69) is 9.97 Å². The summed E-state index contributed by atoms with van der Waals surface area (Å²) in [5.74, 6) is 0. The van der Waals surface area contributed by atoms with E-state index in [4.69, 9.17) is 32.7 Å². The van der Waals surface area contributed by atoms with Crippen LogP contribution >= 0.6 is 23.2 Å². The SMILES string of the molecule is CC(C)(C)OC(=O)N1CCOC[C@@H]1c1ccc(-n2c(Cl)cc3c(Cl)ncnc32)cc1. The number of morpholine rings is 1. The molecule has 1 fully saturated rings. The lowest BCUT2D eigenvalue weighted by atomic mass is 10.0. The second-order valence-electron chi connectivity index (χ2n) is 8.06. The number of halogens is 2. The zero-order valence-corrected chi connectivity index (χ0v) is 18.4. The summed E-state index contributed by atoms with van der Waals surface area (Å²) in [5.41, 5.74) is 1.85. The molecule has 4 rings (SSSR count). The van der Waals surface area contributed by atoms with Gasteiger partial charge in [-0.1, -0.05) is 35.3 Å². The molecule has 1 aromatic carbocycles. The van der Waals surface area contributed by atoms with Gasteiger partial charge in [-0.05, 0) is 44.5 Å². The van der Waals surface area contributed by atoms with E-state index in [0.717, 1.165) is 11.3 Å². The zero-order chi connectivity index (χ0) is 21.5. The molecule has 0 saturated carbocycles. The fourth-order valence-electron chi connectivity index (χ4n) is 3.46. The van der Waals surface area contributed by atoms with Crippen LogP contribution in [0.3, 0.4) is 0 Å². The van der Waals surface area contributed by atoms with Crippen LogP contribution in [0, 0.1) is 0 Å². The molecule has 1 aliphatic rings. The summed E-state index contributed by atoms with van der Waals surface area (Å²) in [5, 5.41) is 1.52. The first kappa shape index (κ1) is 20.9. The van der Waals surface area contributed by atoms with Gasteiger partial charge < -0.3 is 9.47 Å². The molecule has 3 heterocycles. The first-order chi connectivity index (χ1) is 14.2. The number of nitrogens with zero attached hydrogens (tertiary/aromatic N) is 4. The number of benzene rings is 1. The van der Waals surface area contributed by atoms with Crippen LogP contribution in [0.25, 0.3) is 16.7 Å². The highest BCUT2D eigenvalue weighted by atomic mass is 35.5. The second-order valence-corrected chi connectivity index (χ2v) is 8.81. The Bertz CT molecular complexity index is 1080. The number of hydrogen-bond donors (Lipinski definition) is 0. The summed E-state index contributed by atoms with van der Waals surface area (Å²) in [6.07, 6.45) is 1.06. The fraction of sp³-hybridized carbons (Fsp3) is 0.381. The van der Waals surface area contributed by atoms with Crippen LogP contribution in [0.15, 0.2) is 36.7 Å². The maximum Gasteiger partial charge on any atom is 0.410 e. The summed E-state index contributed by atoms with van der Waals surface area (Å²) in [7, 11) is 0. The number of fused-ring (bicyclic) bond motifs is 1. The number of ether oxygens (including phenoxy) is 2. The Hall–Kier alpha value is -2.35. The number of amides is 1. The monoisotopic (exact) mass is 448 g/mol. The Morgan fingerprint density at radius 2 is 1.93 bits per heavy atom. The molecule has 0 unspecified atom stereocenters. The van der Waals surface area contributed by atoms with Crippen LogP contribution in [0.4, 0.5) is 4.79 Å². The van der Waals surface area contributed by atoms with E-state index in [1.54, 1.807) is 15.5 Å². The molecule has 30 heavy (non-hydrogen) atoms. The maximum atomic E-state index is 12.7. The minimum absolute atomic E-state index is 0.226. The zero-order valence-electron chi connectivity index (χ0n) is 16.9. The van der Waals surface area contributed by atoms with Gasteiger partial charge in [-0.25, -0.2) is 14.8 Å². The third kappa shape index (κ3) is 4.10. The van der Waals surface area contributed by atoms with Crippen molar-refractivity contribution in [1.82, 2.24) is 19.4 Å². The van der Waals surface area contributed by atoms with E-state index in [-0.39, 0.29) is 12.1 Å². The van der Waals surface area contributed by atoms with Gasteiger partial charge in [0.15, 0.2) is 5.65 Å². The van der Waals surface area contributed by atoms with E-state index in [1.807, 2.05) is 45.0 Å². The minimum atomic E-state index is -0.556. The van der Waals surface area contributed by atoms with E-state index in [0.29, 0.717) is 41.1 Å². The normalized spacial score (nSPS) is 17.4. The van der Waals surface area contributed by atoms with Gasteiger partial charge in [0.05, 0.1) is 24.6 Å². The molecule has 1 aliphatic heterocycles. The number of hydrogen-bond acceptors (Lipinski definition) is 5. The summed E-state index contributed by atoms with van der Waals surface area (Å²) < 4.78 is 13.0. The van der Waals surface area contributed by atoms with E-state index in [9.17, 15) is 4.79 Å². The molecule has 0 bridgehead atoms. The quantitative estimate of drug-likeness (QED) is 0.513. The fourth-order valence-corrected chi connectivity index (χ4v) is 3.93. The number of carbonyl (C=O) groups is 1. The van der Waals surface area contributed by atoms with Crippen molar-refractivity contribution in [2.24, 2.45) is 0 Å². The Morgan fingerprint density at radius 3 is 2.63 bits per heavy atom. The number of rotatable bonds is 2. The Morgan fingerprint density at radius 1 is 1.20 bits per heavy atom. The highest BCUT2D eigenvalue weighted by Gasteiger charge is 2.32. The highest BCUT2D eigenvalue weighted by molar-refractivity contribution is 6.36. The topological polar surface area (TPSA) is 69.5 Å². The maximum absolute atomic E-state index is 12.7. The molecule has 3 aromatic rings. The van der Waals surface area contributed by atoms with Crippen molar-refractivity contribution in [3.8, 4) is 5.69 Å². The lowest BCUT2D eigenvalue weighted by Gasteiger charge is -2.36. The summed E-state index contributed by atoms with van der Waals surface area (Å²) in [6, 6.07) is 9.29. The lowest BCUT2D eigenvalue weighted by Crippen LogP contribution is -2.45. The Kier molecular flexibility index (Phi) is 5.61. The van der Waals surface area contributed by atoms with Crippen molar-refractivity contribution < 1.29 is 14.3 Å². The number of aromatic nitrogens is 3. The first-order valence-electron chi connectivity index (χ1n) is 9.60. The van der Waals surface area contributed by atoms with Crippen molar-refractivity contribution in [3.63, 3.8) is 0 Å². The predicted molar refractivity (Wildman–Crippen MR) is 115 cm³/mol. The molecule has 1 saturated heterocycles. The lowest BCUT2D eigenvalue weighted by molar-refractivity contribution is -0.0331.